The molecule has 25 heavy (non-hydrogen) atoms. The molecular formula is C12H17N3O9S. The van der Waals surface area contributed by atoms with Crippen molar-refractivity contribution in [2.24, 2.45) is 0 Å². The highest BCUT2D eigenvalue weighted by molar-refractivity contribution is 7.85. The second-order valence-electron chi connectivity index (χ2n) is 4.95. The first-order valence-electron chi connectivity index (χ1n) is 6.83. The highest BCUT2D eigenvalue weighted by atomic mass is 32.2. The summed E-state index contributed by atoms with van der Waals surface area (Å²) < 4.78 is 37.9. The molecule has 0 amide bonds. The quantitative estimate of drug-likeness (QED) is 0.240. The standard InChI is InChI=1S/C12H17N3O9S/c1-8(16)23-10(5-14-7-13-4-12(14)15(18)19)11(24-9(2)17)6-22-25(3,20)21/h4,7,10-11H,5-6H2,1-3H3. The molecule has 13 heteroatoms. The van der Waals surface area contributed by atoms with Crippen LogP contribution in [0.5, 0.6) is 0 Å². The zero-order valence-corrected chi connectivity index (χ0v) is 14.5. The number of ether oxygens (including phenoxy) is 2. The first-order chi connectivity index (χ1) is 11.5. The van der Waals surface area contributed by atoms with E-state index in [1.54, 1.807) is 0 Å². The predicted octanol–water partition coefficient (Wildman–Crippen LogP) is -0.369. The van der Waals surface area contributed by atoms with Crippen LogP contribution in [0, 0.1) is 10.1 Å². The molecule has 0 bridgehead atoms. The van der Waals surface area contributed by atoms with Crippen molar-refractivity contribution < 1.29 is 36.6 Å². The summed E-state index contributed by atoms with van der Waals surface area (Å²) in [4.78, 5) is 36.4. The lowest BCUT2D eigenvalue weighted by atomic mass is 10.2. The second kappa shape index (κ2) is 8.53. The fraction of sp³-hybridized carbons (Fsp3) is 0.583. The third-order valence-corrected chi connectivity index (χ3v) is 3.31. The Kier molecular flexibility index (Phi) is 6.99. The van der Waals surface area contributed by atoms with E-state index >= 15 is 0 Å². The van der Waals surface area contributed by atoms with Gasteiger partial charge in [0, 0.05) is 13.8 Å². The topological polar surface area (TPSA) is 157 Å². The Balaban J connectivity index is 3.08. The molecule has 0 fully saturated rings. The number of rotatable bonds is 9. The summed E-state index contributed by atoms with van der Waals surface area (Å²) in [6, 6.07) is 0. The zero-order valence-electron chi connectivity index (χ0n) is 13.6. The van der Waals surface area contributed by atoms with Crippen LogP contribution in [0.3, 0.4) is 0 Å². The lowest BCUT2D eigenvalue weighted by Gasteiger charge is -2.24. The largest absolute Gasteiger partial charge is 0.456 e. The van der Waals surface area contributed by atoms with E-state index in [4.69, 9.17) is 9.47 Å². The van der Waals surface area contributed by atoms with Crippen molar-refractivity contribution in [3.8, 4) is 0 Å². The minimum Gasteiger partial charge on any atom is -0.456 e. The zero-order chi connectivity index (χ0) is 19.2. The first-order valence-corrected chi connectivity index (χ1v) is 8.64. The maximum atomic E-state index is 11.3. The third-order valence-electron chi connectivity index (χ3n) is 2.75. The number of carbonyl (C=O) groups is 2. The van der Waals surface area contributed by atoms with Crippen molar-refractivity contribution in [3.63, 3.8) is 0 Å². The van der Waals surface area contributed by atoms with Gasteiger partial charge >= 0.3 is 17.8 Å². The van der Waals surface area contributed by atoms with Gasteiger partial charge in [0.2, 0.25) is 0 Å². The smallest absolute Gasteiger partial charge is 0.342 e. The molecular weight excluding hydrogens is 362 g/mol. The first kappa shape index (κ1) is 20.5. The molecule has 1 rings (SSSR count). The van der Waals surface area contributed by atoms with Crippen LogP contribution >= 0.6 is 0 Å². The maximum Gasteiger partial charge on any atom is 0.342 e. The SMILES string of the molecule is CC(=O)OC(COS(C)(=O)=O)C(Cn1cncc1[N+](=O)[O-])OC(C)=O. The van der Waals surface area contributed by atoms with E-state index in [1.165, 1.54) is 0 Å². The van der Waals surface area contributed by atoms with Gasteiger partial charge in [-0.1, -0.05) is 0 Å². The molecule has 1 aromatic rings. The Hall–Kier alpha value is -2.54. The Labute approximate surface area is 143 Å². The van der Waals surface area contributed by atoms with Crippen LogP contribution in [-0.4, -0.2) is 59.9 Å². The van der Waals surface area contributed by atoms with Crippen LogP contribution in [0.15, 0.2) is 12.5 Å². The van der Waals surface area contributed by atoms with Crippen molar-refractivity contribution in [3.05, 3.63) is 22.6 Å². The molecule has 0 saturated carbocycles. The van der Waals surface area contributed by atoms with Gasteiger partial charge in [-0.2, -0.15) is 8.42 Å². The van der Waals surface area contributed by atoms with Crippen molar-refractivity contribution >= 4 is 27.9 Å². The molecule has 2 unspecified atom stereocenters. The summed E-state index contributed by atoms with van der Waals surface area (Å²) in [7, 11) is -3.86. The van der Waals surface area contributed by atoms with Gasteiger partial charge in [-0.05, 0) is 4.92 Å². The fourth-order valence-electron chi connectivity index (χ4n) is 1.87. The van der Waals surface area contributed by atoms with Gasteiger partial charge in [-0.25, -0.2) is 9.55 Å². The van der Waals surface area contributed by atoms with Gasteiger partial charge in [0.25, 0.3) is 10.1 Å². The van der Waals surface area contributed by atoms with Gasteiger partial charge in [-0.15, -0.1) is 0 Å². The predicted molar refractivity (Wildman–Crippen MR) is 80.8 cm³/mol. The number of hydrogen-bond acceptors (Lipinski definition) is 10. The number of hydrogen-bond donors (Lipinski definition) is 0. The molecule has 1 aromatic heterocycles. The van der Waals surface area contributed by atoms with Crippen LogP contribution in [0.1, 0.15) is 13.8 Å². The summed E-state index contributed by atoms with van der Waals surface area (Å²) in [5.74, 6) is -1.92. The van der Waals surface area contributed by atoms with E-state index in [9.17, 15) is 28.1 Å². The number of imidazole rings is 1. The second-order valence-corrected chi connectivity index (χ2v) is 6.59. The molecule has 1 heterocycles. The highest BCUT2D eigenvalue weighted by Crippen LogP contribution is 2.16. The van der Waals surface area contributed by atoms with Gasteiger partial charge in [0.05, 0.1) is 6.26 Å². The summed E-state index contributed by atoms with van der Waals surface area (Å²) in [6.45, 7) is 1.22. The van der Waals surface area contributed by atoms with Crippen LogP contribution < -0.4 is 0 Å². The molecule has 2 atom stereocenters. The normalized spacial score (nSPS) is 13.7. The van der Waals surface area contributed by atoms with E-state index in [0.29, 0.717) is 0 Å². The Morgan fingerprint density at radius 3 is 2.32 bits per heavy atom. The van der Waals surface area contributed by atoms with Crippen LogP contribution in [-0.2, 0) is 39.9 Å². The Morgan fingerprint density at radius 1 is 1.28 bits per heavy atom. The lowest BCUT2D eigenvalue weighted by molar-refractivity contribution is -0.392. The Morgan fingerprint density at radius 2 is 1.84 bits per heavy atom. The molecule has 0 spiro atoms. The molecule has 0 radical (unpaired) electrons. The number of carbonyl (C=O) groups excluding carboxylic acids is 2. The summed E-state index contributed by atoms with van der Waals surface area (Å²) in [5, 5.41) is 10.9. The number of nitro groups is 1. The van der Waals surface area contributed by atoms with E-state index in [0.717, 1.165) is 37.2 Å². The monoisotopic (exact) mass is 379 g/mol. The minimum atomic E-state index is -3.86. The van der Waals surface area contributed by atoms with Crippen LogP contribution in [0.25, 0.3) is 0 Å². The molecule has 0 N–H and O–H groups in total. The molecule has 140 valence electrons. The average molecular weight is 379 g/mol. The molecule has 0 aliphatic heterocycles. The number of esters is 2. The fourth-order valence-corrected chi connectivity index (χ4v) is 2.25. The van der Waals surface area contributed by atoms with Crippen molar-refractivity contribution in [2.75, 3.05) is 12.9 Å². The Bertz CT molecular complexity index is 743. The summed E-state index contributed by atoms with van der Waals surface area (Å²) in [6.07, 6.45) is 0.351. The molecule has 0 saturated heterocycles. The van der Waals surface area contributed by atoms with Crippen molar-refractivity contribution in [2.45, 2.75) is 32.6 Å². The van der Waals surface area contributed by atoms with Crippen LogP contribution in [0.4, 0.5) is 5.82 Å². The molecule has 0 aliphatic rings. The van der Waals surface area contributed by atoms with Gasteiger partial charge in [0.1, 0.15) is 19.3 Å². The number of aromatic nitrogens is 2. The van der Waals surface area contributed by atoms with E-state index < -0.39 is 45.8 Å². The highest BCUT2D eigenvalue weighted by Gasteiger charge is 2.32. The van der Waals surface area contributed by atoms with Gasteiger partial charge in [-0.3, -0.25) is 13.8 Å². The molecule has 12 nitrogen and oxygen atoms in total. The van der Waals surface area contributed by atoms with Crippen molar-refractivity contribution in [1.82, 2.24) is 9.55 Å². The molecule has 0 aromatic carbocycles. The molecule has 0 aliphatic carbocycles. The van der Waals surface area contributed by atoms with Gasteiger partial charge < -0.3 is 19.6 Å². The lowest BCUT2D eigenvalue weighted by Crippen LogP contribution is -2.41. The van der Waals surface area contributed by atoms with E-state index in [1.807, 2.05) is 0 Å². The average Bonchev–Trinajstić information content (AvgIpc) is 2.89. The van der Waals surface area contributed by atoms with Gasteiger partial charge in [0.15, 0.2) is 18.5 Å². The van der Waals surface area contributed by atoms with Crippen molar-refractivity contribution in [1.29, 1.82) is 0 Å². The maximum absolute atomic E-state index is 11.3. The minimum absolute atomic E-state index is 0.305. The summed E-state index contributed by atoms with van der Waals surface area (Å²) >= 11 is 0. The summed E-state index contributed by atoms with van der Waals surface area (Å²) in [5.41, 5.74) is 0. The van der Waals surface area contributed by atoms with E-state index in [-0.39, 0.29) is 12.4 Å². The van der Waals surface area contributed by atoms with E-state index in [2.05, 4.69) is 9.17 Å². The third kappa shape index (κ3) is 7.26. The number of nitrogens with zero attached hydrogens (tertiary/aromatic N) is 3. The van der Waals surface area contributed by atoms with Crippen LogP contribution in [0.2, 0.25) is 0 Å².